The molecular weight excluding hydrogens is 314 g/mol. The Morgan fingerprint density at radius 2 is 1.62 bits per heavy atom. The number of rotatable bonds is 6. The number of carbonyl (C=O) groups is 1. The Kier molecular flexibility index (Phi) is 6.01. The molecule has 0 heterocycles. The van der Waals surface area contributed by atoms with Gasteiger partial charge in [-0.15, -0.1) is 0 Å². The van der Waals surface area contributed by atoms with Gasteiger partial charge >= 0.3 is 5.97 Å². The third-order valence-electron chi connectivity index (χ3n) is 3.55. The summed E-state index contributed by atoms with van der Waals surface area (Å²) in [5.41, 5.74) is 4.68. The summed E-state index contributed by atoms with van der Waals surface area (Å²) in [4.78, 5) is 12.0. The number of nitrogens with one attached hydrogen (secondary N) is 1. The molecule has 0 aliphatic heterocycles. The van der Waals surface area contributed by atoms with Gasteiger partial charge in [-0.3, -0.25) is 10.2 Å². The van der Waals surface area contributed by atoms with Gasteiger partial charge in [0.25, 0.3) is 0 Å². The van der Waals surface area contributed by atoms with Crippen LogP contribution in [0.5, 0.6) is 0 Å². The molecule has 0 saturated heterocycles. The molecule has 126 valence electrons. The van der Waals surface area contributed by atoms with Crippen molar-refractivity contribution in [2.45, 2.75) is 13.3 Å². The van der Waals surface area contributed by atoms with E-state index in [0.717, 1.165) is 5.56 Å². The monoisotopic (exact) mass is 332 g/mol. The van der Waals surface area contributed by atoms with Crippen LogP contribution < -0.4 is 5.43 Å². The first kappa shape index (κ1) is 17.6. The molecule has 4 nitrogen and oxygen atoms in total. The number of benzene rings is 2. The number of carbonyl (C=O) groups excluding carboxylic acids is 1. The molecule has 6 heteroatoms. The van der Waals surface area contributed by atoms with Crippen molar-refractivity contribution in [3.05, 3.63) is 65.7 Å². The number of halogens is 2. The lowest BCUT2D eigenvalue weighted by Crippen LogP contribution is -2.26. The second kappa shape index (κ2) is 8.19. The van der Waals surface area contributed by atoms with Gasteiger partial charge in [-0.05, 0) is 55.3 Å². The Morgan fingerprint density at radius 1 is 1.08 bits per heavy atom. The molecule has 0 aliphatic carbocycles. The zero-order valence-corrected chi connectivity index (χ0v) is 13.4. The smallest absolute Gasteiger partial charge is 0.314 e. The van der Waals surface area contributed by atoms with E-state index in [2.05, 4.69) is 10.5 Å². The van der Waals surface area contributed by atoms with Crippen molar-refractivity contribution in [1.82, 2.24) is 0 Å². The number of methoxy groups -OCH3 is 1. The molecule has 0 spiro atoms. The van der Waals surface area contributed by atoms with Crippen LogP contribution in [0.15, 0.2) is 53.6 Å². The highest BCUT2D eigenvalue weighted by atomic mass is 19.1. The number of esters is 1. The van der Waals surface area contributed by atoms with Crippen LogP contribution in [-0.2, 0) is 16.0 Å². The molecule has 2 aromatic rings. The Labute approximate surface area is 139 Å². The van der Waals surface area contributed by atoms with Crippen LogP contribution in [0.4, 0.5) is 14.5 Å². The Balaban J connectivity index is 2.13. The Bertz CT molecular complexity index is 713. The first-order valence-corrected chi connectivity index (χ1v) is 7.37. The number of anilines is 1. The number of hydrazone groups is 1. The van der Waals surface area contributed by atoms with Crippen LogP contribution in [0.1, 0.15) is 12.5 Å². The van der Waals surface area contributed by atoms with Gasteiger partial charge in [-0.1, -0.05) is 12.1 Å². The van der Waals surface area contributed by atoms with Crippen LogP contribution in [-0.4, -0.2) is 18.8 Å². The van der Waals surface area contributed by atoms with Gasteiger partial charge in [0.05, 0.1) is 12.8 Å². The van der Waals surface area contributed by atoms with E-state index < -0.39 is 11.9 Å². The SMILES string of the molecule is COC(=O)C(Cc1ccc(F)cc1)/C(C)=N/Nc1ccc(F)cc1. The van der Waals surface area contributed by atoms with E-state index in [4.69, 9.17) is 4.74 Å². The lowest BCUT2D eigenvalue weighted by Gasteiger charge is -2.15. The van der Waals surface area contributed by atoms with Gasteiger partial charge in [0.1, 0.15) is 17.6 Å². The van der Waals surface area contributed by atoms with Crippen LogP contribution in [0.3, 0.4) is 0 Å². The Hall–Kier alpha value is -2.76. The van der Waals surface area contributed by atoms with E-state index in [-0.39, 0.29) is 11.6 Å². The van der Waals surface area contributed by atoms with E-state index in [1.165, 1.54) is 31.4 Å². The molecule has 1 unspecified atom stereocenters. The minimum atomic E-state index is -0.603. The maximum atomic E-state index is 13.0. The number of hydrogen-bond acceptors (Lipinski definition) is 4. The van der Waals surface area contributed by atoms with Crippen molar-refractivity contribution in [2.75, 3.05) is 12.5 Å². The molecule has 0 saturated carbocycles. The maximum Gasteiger partial charge on any atom is 0.314 e. The normalized spacial score (nSPS) is 12.6. The van der Waals surface area contributed by atoms with Gasteiger partial charge in [0.2, 0.25) is 0 Å². The highest BCUT2D eigenvalue weighted by molar-refractivity contribution is 6.01. The van der Waals surface area contributed by atoms with Crippen molar-refractivity contribution in [2.24, 2.45) is 11.0 Å². The highest BCUT2D eigenvalue weighted by Gasteiger charge is 2.23. The summed E-state index contributed by atoms with van der Waals surface area (Å²) >= 11 is 0. The lowest BCUT2D eigenvalue weighted by atomic mass is 9.95. The topological polar surface area (TPSA) is 50.7 Å². The first-order chi connectivity index (χ1) is 11.5. The van der Waals surface area contributed by atoms with E-state index in [0.29, 0.717) is 17.8 Å². The summed E-state index contributed by atoms with van der Waals surface area (Å²) < 4.78 is 30.7. The van der Waals surface area contributed by atoms with Crippen LogP contribution in [0.2, 0.25) is 0 Å². The van der Waals surface area contributed by atoms with E-state index in [1.807, 2.05) is 0 Å². The third-order valence-corrected chi connectivity index (χ3v) is 3.55. The molecule has 1 atom stereocenters. The first-order valence-electron chi connectivity index (χ1n) is 7.37. The summed E-state index contributed by atoms with van der Waals surface area (Å²) in [7, 11) is 1.31. The van der Waals surface area contributed by atoms with Crippen molar-refractivity contribution < 1.29 is 18.3 Å². The number of nitrogens with zero attached hydrogens (tertiary/aromatic N) is 1. The molecule has 0 fully saturated rings. The van der Waals surface area contributed by atoms with Gasteiger partial charge in [-0.2, -0.15) is 5.10 Å². The molecule has 0 aromatic heterocycles. The summed E-state index contributed by atoms with van der Waals surface area (Å²) in [6, 6.07) is 11.6. The van der Waals surface area contributed by atoms with E-state index in [9.17, 15) is 13.6 Å². The van der Waals surface area contributed by atoms with Crippen molar-refractivity contribution >= 4 is 17.4 Å². The highest BCUT2D eigenvalue weighted by Crippen LogP contribution is 2.15. The summed E-state index contributed by atoms with van der Waals surface area (Å²) in [6.07, 6.45) is 0.341. The zero-order valence-electron chi connectivity index (χ0n) is 13.4. The van der Waals surface area contributed by atoms with Crippen LogP contribution in [0, 0.1) is 17.6 Å². The van der Waals surface area contributed by atoms with Gasteiger partial charge in [-0.25, -0.2) is 8.78 Å². The average Bonchev–Trinajstić information content (AvgIpc) is 2.60. The van der Waals surface area contributed by atoms with Crippen LogP contribution >= 0.6 is 0 Å². The molecule has 2 rings (SSSR count). The predicted molar refractivity (Wildman–Crippen MR) is 88.7 cm³/mol. The Morgan fingerprint density at radius 3 is 2.17 bits per heavy atom. The van der Waals surface area contributed by atoms with Gasteiger partial charge < -0.3 is 4.74 Å². The largest absolute Gasteiger partial charge is 0.469 e. The van der Waals surface area contributed by atoms with Crippen molar-refractivity contribution in [3.63, 3.8) is 0 Å². The molecular formula is C18H18F2N2O2. The minimum Gasteiger partial charge on any atom is -0.469 e. The van der Waals surface area contributed by atoms with E-state index in [1.54, 1.807) is 31.2 Å². The summed E-state index contributed by atoms with van der Waals surface area (Å²) in [5, 5.41) is 4.18. The summed E-state index contributed by atoms with van der Waals surface area (Å²) in [6.45, 7) is 1.70. The average molecular weight is 332 g/mol. The lowest BCUT2D eigenvalue weighted by molar-refractivity contribution is -0.143. The summed E-state index contributed by atoms with van der Waals surface area (Å²) in [5.74, 6) is -1.71. The quantitative estimate of drug-likeness (QED) is 0.497. The molecule has 1 N–H and O–H groups in total. The second-order valence-corrected chi connectivity index (χ2v) is 5.28. The molecule has 2 aromatic carbocycles. The van der Waals surface area contributed by atoms with Gasteiger partial charge in [0.15, 0.2) is 0 Å². The molecule has 0 aliphatic rings. The molecule has 0 amide bonds. The third kappa shape index (κ3) is 4.87. The predicted octanol–water partition coefficient (Wildman–Crippen LogP) is 3.78. The fourth-order valence-electron chi connectivity index (χ4n) is 2.16. The molecule has 24 heavy (non-hydrogen) atoms. The number of ether oxygens (including phenoxy) is 1. The fourth-order valence-corrected chi connectivity index (χ4v) is 2.16. The fraction of sp³-hybridized carbons (Fsp3) is 0.222. The maximum absolute atomic E-state index is 13.0. The number of hydrogen-bond donors (Lipinski definition) is 1. The van der Waals surface area contributed by atoms with Gasteiger partial charge in [0, 0.05) is 5.71 Å². The standard InChI is InChI=1S/C18H18F2N2O2/c1-12(21-22-16-9-7-15(20)8-10-16)17(18(23)24-2)11-13-3-5-14(19)6-4-13/h3-10,17,22H,11H2,1-2H3/b21-12+. The molecule has 0 radical (unpaired) electrons. The molecule has 0 bridgehead atoms. The minimum absolute atomic E-state index is 0.336. The van der Waals surface area contributed by atoms with Crippen LogP contribution in [0.25, 0.3) is 0 Å². The van der Waals surface area contributed by atoms with Crippen molar-refractivity contribution in [3.8, 4) is 0 Å². The second-order valence-electron chi connectivity index (χ2n) is 5.28. The zero-order chi connectivity index (χ0) is 17.5. The van der Waals surface area contributed by atoms with E-state index >= 15 is 0 Å². The van der Waals surface area contributed by atoms with Crippen molar-refractivity contribution in [1.29, 1.82) is 0 Å².